The van der Waals surface area contributed by atoms with Gasteiger partial charge in [-0.2, -0.15) is 0 Å². The minimum atomic E-state index is -3.83. The summed E-state index contributed by atoms with van der Waals surface area (Å²) in [7, 11) is -3.83. The number of fused-ring (bicyclic) bond motifs is 1. The van der Waals surface area contributed by atoms with Gasteiger partial charge in [-0.1, -0.05) is 29.8 Å². The molecule has 0 aromatic heterocycles. The number of rotatable bonds is 5. The lowest BCUT2D eigenvalue weighted by molar-refractivity contribution is -0.119. The second-order valence-electron chi connectivity index (χ2n) is 6.08. The second-order valence-corrected chi connectivity index (χ2v) is 8.28. The summed E-state index contributed by atoms with van der Waals surface area (Å²) in [5.41, 5.74) is 7.01. The van der Waals surface area contributed by atoms with Gasteiger partial charge < -0.3 is 10.5 Å². The third kappa shape index (κ3) is 3.37. The van der Waals surface area contributed by atoms with Crippen LogP contribution in [0.5, 0.6) is 5.75 Å². The zero-order valence-electron chi connectivity index (χ0n) is 14.2. The van der Waals surface area contributed by atoms with E-state index in [4.69, 9.17) is 22.1 Å². The molecule has 2 N–H and O–H groups in total. The van der Waals surface area contributed by atoms with Gasteiger partial charge in [0.2, 0.25) is 0 Å². The van der Waals surface area contributed by atoms with Crippen LogP contribution in [0.1, 0.15) is 17.5 Å². The molecule has 0 bridgehead atoms. The fourth-order valence-corrected chi connectivity index (χ4v) is 5.47. The smallest absolute Gasteiger partial charge is 0.266 e. The molecule has 0 saturated heterocycles. The highest BCUT2D eigenvalue weighted by atomic mass is 35.5. The fourth-order valence-electron chi connectivity index (χ4n) is 3.15. The van der Waals surface area contributed by atoms with Crippen molar-refractivity contribution < 1.29 is 17.9 Å². The van der Waals surface area contributed by atoms with Crippen molar-refractivity contribution in [1.29, 1.82) is 0 Å². The molecule has 0 atom stereocenters. The average Bonchev–Trinajstić information content (AvgIpc) is 2.58. The number of sulfonamides is 1. The van der Waals surface area contributed by atoms with E-state index in [9.17, 15) is 13.2 Å². The van der Waals surface area contributed by atoms with E-state index in [2.05, 4.69) is 0 Å². The maximum absolute atomic E-state index is 13.3. The van der Waals surface area contributed by atoms with Gasteiger partial charge in [0.15, 0.2) is 6.61 Å². The minimum Gasteiger partial charge on any atom is -0.483 e. The molecule has 0 saturated carbocycles. The number of amides is 1. The number of nitrogens with two attached hydrogens (primary N) is 1. The number of halogens is 1. The lowest BCUT2D eigenvalue weighted by Gasteiger charge is -2.32. The van der Waals surface area contributed by atoms with Crippen molar-refractivity contribution in [1.82, 2.24) is 0 Å². The summed E-state index contributed by atoms with van der Waals surface area (Å²) in [6.07, 6.45) is 1.28. The monoisotopic (exact) mass is 394 g/mol. The molecular weight excluding hydrogens is 376 g/mol. The summed E-state index contributed by atoms with van der Waals surface area (Å²) < 4.78 is 33.4. The van der Waals surface area contributed by atoms with Crippen LogP contribution in [0.4, 0.5) is 5.69 Å². The van der Waals surface area contributed by atoms with Gasteiger partial charge in [0.05, 0.1) is 10.7 Å². The molecule has 2 aromatic rings. The van der Waals surface area contributed by atoms with E-state index in [-0.39, 0.29) is 16.5 Å². The number of carbonyl (C=O) groups is 1. The molecule has 8 heteroatoms. The highest BCUT2D eigenvalue weighted by molar-refractivity contribution is 7.93. The molecule has 1 amide bonds. The van der Waals surface area contributed by atoms with Gasteiger partial charge in [-0.25, -0.2) is 8.42 Å². The van der Waals surface area contributed by atoms with Gasteiger partial charge in [0.25, 0.3) is 15.9 Å². The molecule has 0 radical (unpaired) electrons. The van der Waals surface area contributed by atoms with E-state index in [0.717, 1.165) is 5.56 Å². The number of ether oxygens (including phenoxy) is 1. The standard InChI is InChI=1S/C18H19ClN2O4S/c1-12-5-2-7-14(19)18(12)26(23,24)21-10-4-6-13-15(21)8-3-9-16(13)25-11-17(20)22/h2-3,5,7-9H,4,6,10-11H2,1H3,(H2,20,22). The molecule has 0 fully saturated rings. The lowest BCUT2D eigenvalue weighted by Crippen LogP contribution is -2.36. The average molecular weight is 395 g/mol. The van der Waals surface area contributed by atoms with E-state index in [1.165, 1.54) is 4.31 Å². The Morgan fingerprint density at radius 3 is 2.69 bits per heavy atom. The molecule has 1 heterocycles. The van der Waals surface area contributed by atoms with Gasteiger partial charge in [-0.15, -0.1) is 0 Å². The van der Waals surface area contributed by atoms with E-state index in [1.807, 2.05) is 0 Å². The molecule has 138 valence electrons. The zero-order chi connectivity index (χ0) is 18.9. The van der Waals surface area contributed by atoms with E-state index >= 15 is 0 Å². The highest BCUT2D eigenvalue weighted by Gasteiger charge is 2.33. The molecule has 2 aromatic carbocycles. The van der Waals surface area contributed by atoms with Crippen LogP contribution in [0, 0.1) is 6.92 Å². The molecule has 6 nitrogen and oxygen atoms in total. The largest absolute Gasteiger partial charge is 0.483 e. The van der Waals surface area contributed by atoms with Crippen LogP contribution in [-0.2, 0) is 21.2 Å². The highest BCUT2D eigenvalue weighted by Crippen LogP contribution is 2.39. The number of nitrogens with zero attached hydrogens (tertiary/aromatic N) is 1. The van der Waals surface area contributed by atoms with Crippen molar-refractivity contribution in [2.75, 3.05) is 17.5 Å². The summed E-state index contributed by atoms with van der Waals surface area (Å²) in [6.45, 7) is 1.81. The summed E-state index contributed by atoms with van der Waals surface area (Å²) in [4.78, 5) is 11.1. The van der Waals surface area contributed by atoms with Crippen LogP contribution < -0.4 is 14.8 Å². The van der Waals surface area contributed by atoms with Crippen molar-refractivity contribution in [3.63, 3.8) is 0 Å². The topological polar surface area (TPSA) is 89.7 Å². The van der Waals surface area contributed by atoms with Crippen LogP contribution in [0.25, 0.3) is 0 Å². The number of benzene rings is 2. The van der Waals surface area contributed by atoms with Crippen LogP contribution in [0.15, 0.2) is 41.3 Å². The number of hydrogen-bond donors (Lipinski definition) is 1. The Morgan fingerprint density at radius 2 is 2.00 bits per heavy atom. The summed E-state index contributed by atoms with van der Waals surface area (Å²) in [5, 5.41) is 0.193. The van der Waals surface area contributed by atoms with Crippen molar-refractivity contribution in [3.8, 4) is 5.75 Å². The fraction of sp³-hybridized carbons (Fsp3) is 0.278. The Morgan fingerprint density at radius 1 is 1.27 bits per heavy atom. The molecule has 0 spiro atoms. The van der Waals surface area contributed by atoms with Crippen molar-refractivity contribution in [2.24, 2.45) is 5.73 Å². The first kappa shape index (κ1) is 18.5. The van der Waals surface area contributed by atoms with Gasteiger partial charge in [0.1, 0.15) is 10.6 Å². The van der Waals surface area contributed by atoms with Crippen LogP contribution in [0.2, 0.25) is 5.02 Å². The number of carbonyl (C=O) groups excluding carboxylic acids is 1. The molecule has 26 heavy (non-hydrogen) atoms. The Kier molecular flexibility index (Phi) is 5.11. The second kappa shape index (κ2) is 7.17. The third-order valence-electron chi connectivity index (χ3n) is 4.25. The first-order valence-corrected chi connectivity index (χ1v) is 9.95. The number of primary amides is 1. The first-order valence-electron chi connectivity index (χ1n) is 8.13. The summed E-state index contributed by atoms with van der Waals surface area (Å²) >= 11 is 6.19. The van der Waals surface area contributed by atoms with Crippen molar-refractivity contribution >= 4 is 33.2 Å². The summed E-state index contributed by atoms with van der Waals surface area (Å²) in [6, 6.07) is 10.1. The third-order valence-corrected chi connectivity index (χ3v) is 6.69. The molecule has 0 unspecified atom stereocenters. The van der Waals surface area contributed by atoms with E-state index in [0.29, 0.717) is 36.4 Å². The van der Waals surface area contributed by atoms with Crippen LogP contribution >= 0.6 is 11.6 Å². The van der Waals surface area contributed by atoms with Gasteiger partial charge >= 0.3 is 0 Å². The Balaban J connectivity index is 2.07. The van der Waals surface area contributed by atoms with Crippen LogP contribution in [-0.4, -0.2) is 27.5 Å². The normalized spacial score (nSPS) is 14.0. The molecule has 0 aliphatic carbocycles. The number of anilines is 1. The van der Waals surface area contributed by atoms with Crippen molar-refractivity contribution in [3.05, 3.63) is 52.5 Å². The predicted molar refractivity (Wildman–Crippen MR) is 100 cm³/mol. The molecule has 1 aliphatic heterocycles. The minimum absolute atomic E-state index is 0.109. The van der Waals surface area contributed by atoms with Gasteiger partial charge in [-0.05, 0) is 43.5 Å². The maximum atomic E-state index is 13.3. The molecule has 1 aliphatic rings. The molecule has 3 rings (SSSR count). The van der Waals surface area contributed by atoms with Crippen LogP contribution in [0.3, 0.4) is 0 Å². The summed E-state index contributed by atoms with van der Waals surface area (Å²) in [5.74, 6) is -0.119. The SMILES string of the molecule is Cc1cccc(Cl)c1S(=O)(=O)N1CCCc2c(OCC(N)=O)cccc21. The Hall–Kier alpha value is -2.25. The Labute approximate surface area is 157 Å². The van der Waals surface area contributed by atoms with E-state index < -0.39 is 15.9 Å². The predicted octanol–water partition coefficient (Wildman–Crippen LogP) is 2.65. The first-order chi connectivity index (χ1) is 12.3. The maximum Gasteiger partial charge on any atom is 0.266 e. The lowest BCUT2D eigenvalue weighted by atomic mass is 10.0. The van der Waals surface area contributed by atoms with Gasteiger partial charge in [-0.3, -0.25) is 9.10 Å². The quantitative estimate of drug-likeness (QED) is 0.844. The number of aryl methyl sites for hydroxylation is 1. The van der Waals surface area contributed by atoms with Gasteiger partial charge in [0, 0.05) is 12.1 Å². The number of hydrogen-bond acceptors (Lipinski definition) is 4. The zero-order valence-corrected chi connectivity index (χ0v) is 15.8. The molecular formula is C18H19ClN2O4S. The van der Waals surface area contributed by atoms with E-state index in [1.54, 1.807) is 43.3 Å². The van der Waals surface area contributed by atoms with Crippen molar-refractivity contribution in [2.45, 2.75) is 24.7 Å². The Bertz CT molecular complexity index is 939.